The molecule has 392 valence electrons. The van der Waals surface area contributed by atoms with Crippen molar-refractivity contribution in [1.29, 1.82) is 0 Å². The molecular formula is C58H109N3O6. The Morgan fingerprint density at radius 2 is 0.746 bits per heavy atom. The molecule has 0 heterocycles. The molecule has 2 unspecified atom stereocenters. The maximum Gasteiger partial charge on any atom is 0.308 e. The van der Waals surface area contributed by atoms with E-state index in [1.165, 1.54) is 154 Å². The smallest absolute Gasteiger partial charge is 0.308 e. The largest absolute Gasteiger partial charge is 0.465 e. The van der Waals surface area contributed by atoms with Crippen LogP contribution in [0.5, 0.6) is 0 Å². The lowest BCUT2D eigenvalue weighted by molar-refractivity contribution is -0.150. The number of hydrogen-bond acceptors (Lipinski definition) is 9. The average Bonchev–Trinajstić information content (AvgIpc) is 3.33. The minimum atomic E-state index is -0.439. The molecule has 0 spiro atoms. The first-order valence-corrected chi connectivity index (χ1v) is 28.9. The highest BCUT2D eigenvalue weighted by molar-refractivity contribution is 5.73. The lowest BCUT2D eigenvalue weighted by Gasteiger charge is -2.23. The fourth-order valence-electron chi connectivity index (χ4n) is 9.62. The van der Waals surface area contributed by atoms with Gasteiger partial charge in [0.25, 0.3) is 10.9 Å². The minimum absolute atomic E-state index is 0.0162. The molecule has 1 aromatic carbocycles. The third-order valence-corrected chi connectivity index (χ3v) is 14.4. The Kier molecular flexibility index (Phi) is 40.7. The molecule has 0 saturated carbocycles. The van der Waals surface area contributed by atoms with Crippen molar-refractivity contribution in [3.05, 3.63) is 20.4 Å². The first-order chi connectivity index (χ1) is 32.6. The van der Waals surface area contributed by atoms with Gasteiger partial charge in [0.15, 0.2) is 0 Å². The van der Waals surface area contributed by atoms with Crippen molar-refractivity contribution in [1.82, 2.24) is 4.90 Å². The molecule has 0 radical (unpaired) electrons. The predicted octanol–water partition coefficient (Wildman–Crippen LogP) is 15.4. The third-order valence-electron chi connectivity index (χ3n) is 14.4. The van der Waals surface area contributed by atoms with E-state index in [1.54, 1.807) is 7.05 Å². The van der Waals surface area contributed by atoms with Gasteiger partial charge in [-0.2, -0.15) is 0 Å². The first kappa shape index (κ1) is 62.6. The van der Waals surface area contributed by atoms with Gasteiger partial charge in [-0.25, -0.2) is 0 Å². The molecule has 0 saturated heterocycles. The van der Waals surface area contributed by atoms with Gasteiger partial charge in [0.1, 0.15) is 11.4 Å². The van der Waals surface area contributed by atoms with E-state index in [-0.39, 0.29) is 23.8 Å². The van der Waals surface area contributed by atoms with Gasteiger partial charge in [-0.15, -0.1) is 0 Å². The number of carbonyl (C=O) groups excluding carboxylic acids is 2. The molecule has 1 aromatic rings. The Balaban J connectivity index is 2.51. The van der Waals surface area contributed by atoms with Gasteiger partial charge in [-0.05, 0) is 89.3 Å². The normalized spacial score (nSPS) is 12.7. The summed E-state index contributed by atoms with van der Waals surface area (Å²) in [6.45, 7) is 17.9. The van der Waals surface area contributed by atoms with Crippen molar-refractivity contribution in [2.75, 3.05) is 57.1 Å². The Bertz CT molecular complexity index is 1280. The first-order valence-electron chi connectivity index (χ1n) is 28.9. The predicted molar refractivity (Wildman–Crippen MR) is 287 cm³/mol. The molecule has 0 amide bonds. The number of carbonyl (C=O) groups is 2. The fourth-order valence-corrected chi connectivity index (χ4v) is 9.62. The zero-order valence-electron chi connectivity index (χ0n) is 45.2. The second kappa shape index (κ2) is 43.6. The van der Waals surface area contributed by atoms with Gasteiger partial charge in [0.05, 0.1) is 25.0 Å². The standard InChI is InChI=1S/C58H109N3O6/c1-8-12-16-20-30-39-51(40-31-21-17-13-9-2)47-66-57(64)49(5)37-28-24-26-34-44-61(46-36-43-60-54-53(59-7)55(62)56(54)63)45-35-27-25-29-38-50(6)58(65)67-48-52(41-32-22-18-14-10-3)42-33-23-19-15-11-4/h49-52,59-60H,8-48H2,1-7H3. The van der Waals surface area contributed by atoms with Crippen LogP contribution < -0.4 is 21.5 Å². The molecule has 9 heteroatoms. The van der Waals surface area contributed by atoms with E-state index < -0.39 is 10.9 Å². The van der Waals surface area contributed by atoms with Gasteiger partial charge >= 0.3 is 11.9 Å². The lowest BCUT2D eigenvalue weighted by Crippen LogP contribution is -2.37. The highest BCUT2D eigenvalue weighted by Gasteiger charge is 2.21. The molecule has 0 aliphatic carbocycles. The Morgan fingerprint density at radius 3 is 1.10 bits per heavy atom. The number of anilines is 2. The van der Waals surface area contributed by atoms with E-state index in [1.807, 2.05) is 13.8 Å². The number of esters is 2. The van der Waals surface area contributed by atoms with Crippen LogP contribution >= 0.6 is 0 Å². The number of nitrogens with one attached hydrogen (secondary N) is 2. The van der Waals surface area contributed by atoms with Gasteiger partial charge < -0.3 is 25.0 Å². The third kappa shape index (κ3) is 32.2. The van der Waals surface area contributed by atoms with Crippen molar-refractivity contribution in [3.63, 3.8) is 0 Å². The second-order valence-electron chi connectivity index (χ2n) is 20.8. The summed E-state index contributed by atoms with van der Waals surface area (Å²) in [4.78, 5) is 52.5. The molecule has 1 rings (SSSR count). The van der Waals surface area contributed by atoms with Gasteiger partial charge in [-0.3, -0.25) is 19.2 Å². The van der Waals surface area contributed by atoms with E-state index in [0.29, 0.717) is 43.0 Å². The van der Waals surface area contributed by atoms with Crippen LogP contribution in [0.2, 0.25) is 0 Å². The van der Waals surface area contributed by atoms with Crippen LogP contribution in [0.1, 0.15) is 266 Å². The minimum Gasteiger partial charge on any atom is -0.465 e. The highest BCUT2D eigenvalue weighted by atomic mass is 16.5. The Labute approximate surface area is 413 Å². The Morgan fingerprint density at radius 1 is 0.433 bits per heavy atom. The zero-order chi connectivity index (χ0) is 49.2. The van der Waals surface area contributed by atoms with Gasteiger partial charge in [0.2, 0.25) is 0 Å². The summed E-state index contributed by atoms with van der Waals surface area (Å²) in [7, 11) is 1.68. The number of ether oxygens (including phenoxy) is 2. The summed E-state index contributed by atoms with van der Waals surface area (Å²) in [5, 5.41) is 6.05. The van der Waals surface area contributed by atoms with E-state index in [4.69, 9.17) is 9.47 Å². The molecular weight excluding hydrogens is 835 g/mol. The summed E-state index contributed by atoms with van der Waals surface area (Å²) in [6, 6.07) is 0. The monoisotopic (exact) mass is 944 g/mol. The van der Waals surface area contributed by atoms with Crippen LogP contribution in [0.25, 0.3) is 0 Å². The molecule has 0 bridgehead atoms. The number of unbranched alkanes of at least 4 members (excludes halogenated alkanes) is 22. The number of rotatable bonds is 50. The second-order valence-corrected chi connectivity index (χ2v) is 20.8. The summed E-state index contributed by atoms with van der Waals surface area (Å²) in [5.74, 6) is 0.854. The summed E-state index contributed by atoms with van der Waals surface area (Å²) >= 11 is 0. The van der Waals surface area contributed by atoms with E-state index in [2.05, 4.69) is 43.2 Å². The quantitative estimate of drug-likeness (QED) is 0.0374. The molecule has 0 aromatic heterocycles. The lowest BCUT2D eigenvalue weighted by atomic mass is 9.95. The molecule has 0 aliphatic heterocycles. The van der Waals surface area contributed by atoms with Crippen molar-refractivity contribution >= 4 is 23.3 Å². The van der Waals surface area contributed by atoms with Crippen LogP contribution in [0.15, 0.2) is 9.59 Å². The molecule has 0 aliphatic rings. The fraction of sp³-hybridized carbons (Fsp3) is 0.897. The molecule has 2 N–H and O–H groups in total. The summed E-state index contributed by atoms with van der Waals surface area (Å²) in [6.07, 6.45) is 41.9. The van der Waals surface area contributed by atoms with Crippen LogP contribution in [-0.4, -0.2) is 63.3 Å². The van der Waals surface area contributed by atoms with Gasteiger partial charge in [0, 0.05) is 13.6 Å². The van der Waals surface area contributed by atoms with Crippen molar-refractivity contribution in [2.45, 2.75) is 266 Å². The average molecular weight is 945 g/mol. The summed E-state index contributed by atoms with van der Waals surface area (Å²) in [5.41, 5.74) is -0.0583. The topological polar surface area (TPSA) is 114 Å². The molecule has 67 heavy (non-hydrogen) atoms. The number of nitrogens with zero attached hydrogens (tertiary/aromatic N) is 1. The maximum absolute atomic E-state index is 13.0. The van der Waals surface area contributed by atoms with Crippen molar-refractivity contribution in [2.24, 2.45) is 23.7 Å². The zero-order valence-corrected chi connectivity index (χ0v) is 45.2. The highest BCUT2D eigenvalue weighted by Crippen LogP contribution is 2.23. The molecule has 0 fully saturated rings. The van der Waals surface area contributed by atoms with Crippen LogP contribution in [0, 0.1) is 23.7 Å². The maximum atomic E-state index is 13.0. The molecule has 9 nitrogen and oxygen atoms in total. The van der Waals surface area contributed by atoms with Gasteiger partial charge in [-0.1, -0.05) is 208 Å². The Hall–Kier alpha value is -2.42. The van der Waals surface area contributed by atoms with E-state index in [9.17, 15) is 19.2 Å². The van der Waals surface area contributed by atoms with E-state index >= 15 is 0 Å². The van der Waals surface area contributed by atoms with E-state index in [0.717, 1.165) is 90.3 Å². The van der Waals surface area contributed by atoms with Crippen LogP contribution in [0.4, 0.5) is 11.4 Å². The van der Waals surface area contributed by atoms with Crippen molar-refractivity contribution < 1.29 is 19.1 Å². The van der Waals surface area contributed by atoms with Crippen LogP contribution in [0.3, 0.4) is 0 Å². The molecule has 2 atom stereocenters. The summed E-state index contributed by atoms with van der Waals surface area (Å²) < 4.78 is 11.9. The van der Waals surface area contributed by atoms with Crippen molar-refractivity contribution in [3.8, 4) is 0 Å². The number of hydrogen-bond donors (Lipinski definition) is 2. The SMILES string of the molecule is CCCCCCCC(CCCCCCC)COC(=O)C(C)CCCCCCN(CCCCCCC(C)C(=O)OCC(CCCCCCC)CCCCCCC)CCCNc1c(NC)c(=O)c1=O. The van der Waals surface area contributed by atoms with Crippen LogP contribution in [-0.2, 0) is 19.1 Å².